The Labute approximate surface area is 121 Å². The quantitative estimate of drug-likeness (QED) is 0.794. The number of benzene rings is 2. The van der Waals surface area contributed by atoms with E-state index in [0.29, 0.717) is 5.69 Å². The highest BCUT2D eigenvalue weighted by atomic mass is 19.1. The summed E-state index contributed by atoms with van der Waals surface area (Å²) in [5.74, 6) is -1.74. The van der Waals surface area contributed by atoms with Crippen molar-refractivity contribution in [1.29, 1.82) is 0 Å². The Balaban J connectivity index is 1.92. The number of anilines is 1. The molecule has 21 heavy (non-hydrogen) atoms. The third-order valence-electron chi connectivity index (χ3n) is 3.61. The Morgan fingerprint density at radius 1 is 1.24 bits per heavy atom. The predicted molar refractivity (Wildman–Crippen MR) is 77.9 cm³/mol. The third kappa shape index (κ3) is 2.60. The van der Waals surface area contributed by atoms with Crippen LogP contribution in [0.25, 0.3) is 0 Å². The lowest BCUT2D eigenvalue weighted by Gasteiger charge is -2.20. The first-order chi connectivity index (χ1) is 10.2. The molecule has 5 heteroatoms. The zero-order chi connectivity index (χ0) is 14.8. The maximum Gasteiger partial charge on any atom is 0.262 e. The number of hydrogen-bond donors (Lipinski definition) is 3. The summed E-state index contributed by atoms with van der Waals surface area (Å²) in [6.45, 7) is 1.59. The molecule has 0 aliphatic carbocycles. The van der Waals surface area contributed by atoms with E-state index in [-0.39, 0.29) is 11.3 Å². The van der Waals surface area contributed by atoms with Crippen molar-refractivity contribution < 1.29 is 14.3 Å². The van der Waals surface area contributed by atoms with Crippen LogP contribution in [0.5, 0.6) is 5.75 Å². The molecule has 3 rings (SSSR count). The number of phenolic OH excluding ortho intramolecular Hbond substituents is 1. The zero-order valence-electron chi connectivity index (χ0n) is 11.3. The summed E-state index contributed by atoms with van der Waals surface area (Å²) >= 11 is 0. The van der Waals surface area contributed by atoms with Crippen LogP contribution in [0.4, 0.5) is 10.1 Å². The van der Waals surface area contributed by atoms with Gasteiger partial charge in [-0.2, -0.15) is 0 Å². The number of rotatable bonds is 2. The van der Waals surface area contributed by atoms with Crippen LogP contribution >= 0.6 is 0 Å². The molecular formula is C16H15FN2O2. The second-order valence-corrected chi connectivity index (χ2v) is 4.96. The lowest BCUT2D eigenvalue weighted by Crippen LogP contribution is -2.25. The molecule has 0 atom stereocenters. The van der Waals surface area contributed by atoms with E-state index in [9.17, 15) is 14.3 Å². The van der Waals surface area contributed by atoms with Crippen molar-refractivity contribution in [1.82, 2.24) is 5.32 Å². The monoisotopic (exact) mass is 286 g/mol. The number of carbonyl (C=O) groups is 1. The molecule has 0 aromatic heterocycles. The van der Waals surface area contributed by atoms with Crippen molar-refractivity contribution in [3.05, 3.63) is 58.9 Å². The van der Waals surface area contributed by atoms with Crippen molar-refractivity contribution in [2.24, 2.45) is 0 Å². The van der Waals surface area contributed by atoms with Crippen molar-refractivity contribution in [3.63, 3.8) is 0 Å². The Bertz CT molecular complexity index is 680. The summed E-state index contributed by atoms with van der Waals surface area (Å²) in [5, 5.41) is 15.6. The van der Waals surface area contributed by atoms with Gasteiger partial charge in [0.25, 0.3) is 5.91 Å². The van der Waals surface area contributed by atoms with Crippen LogP contribution in [0.2, 0.25) is 0 Å². The van der Waals surface area contributed by atoms with Gasteiger partial charge in [-0.3, -0.25) is 4.79 Å². The maximum atomic E-state index is 13.7. The lowest BCUT2D eigenvalue weighted by molar-refractivity contribution is 0.102. The molecule has 1 aliphatic heterocycles. The molecule has 2 aromatic carbocycles. The number of nitrogens with one attached hydrogen (secondary N) is 2. The average molecular weight is 286 g/mol. The molecule has 1 aliphatic rings. The Hall–Kier alpha value is -2.40. The number of hydrogen-bond acceptors (Lipinski definition) is 3. The average Bonchev–Trinajstić information content (AvgIpc) is 2.47. The van der Waals surface area contributed by atoms with E-state index < -0.39 is 11.7 Å². The topological polar surface area (TPSA) is 61.4 Å². The molecule has 0 unspecified atom stereocenters. The van der Waals surface area contributed by atoms with E-state index in [1.165, 1.54) is 12.1 Å². The van der Waals surface area contributed by atoms with Crippen LogP contribution in [0.1, 0.15) is 21.5 Å². The smallest absolute Gasteiger partial charge is 0.262 e. The summed E-state index contributed by atoms with van der Waals surface area (Å²) in [6, 6.07) is 9.44. The van der Waals surface area contributed by atoms with Gasteiger partial charge in [0.1, 0.15) is 17.1 Å². The van der Waals surface area contributed by atoms with Gasteiger partial charge in [-0.15, -0.1) is 0 Å². The Morgan fingerprint density at radius 2 is 2.05 bits per heavy atom. The Morgan fingerprint density at radius 3 is 2.86 bits per heavy atom. The number of phenols is 1. The van der Waals surface area contributed by atoms with Gasteiger partial charge in [-0.05, 0) is 42.3 Å². The molecule has 2 aromatic rings. The van der Waals surface area contributed by atoms with Gasteiger partial charge in [0.05, 0.1) is 0 Å². The fourth-order valence-electron chi connectivity index (χ4n) is 2.57. The maximum absolute atomic E-state index is 13.7. The zero-order valence-corrected chi connectivity index (χ0v) is 11.3. The predicted octanol–water partition coefficient (Wildman–Crippen LogP) is 2.43. The van der Waals surface area contributed by atoms with Gasteiger partial charge >= 0.3 is 0 Å². The van der Waals surface area contributed by atoms with Crippen LogP contribution in [-0.2, 0) is 13.0 Å². The molecular weight excluding hydrogens is 271 g/mol. The number of carbonyl (C=O) groups excluding carboxylic acids is 1. The summed E-state index contributed by atoms with van der Waals surface area (Å²) in [4.78, 5) is 12.2. The van der Waals surface area contributed by atoms with Gasteiger partial charge in [0.15, 0.2) is 0 Å². The summed E-state index contributed by atoms with van der Waals surface area (Å²) < 4.78 is 13.7. The molecule has 0 saturated heterocycles. The molecule has 0 saturated carbocycles. The molecule has 1 amide bonds. The van der Waals surface area contributed by atoms with E-state index >= 15 is 0 Å². The Kier molecular flexibility index (Phi) is 3.58. The molecule has 0 fully saturated rings. The van der Waals surface area contributed by atoms with Gasteiger partial charge in [-0.25, -0.2) is 4.39 Å². The van der Waals surface area contributed by atoms with E-state index in [4.69, 9.17) is 0 Å². The second-order valence-electron chi connectivity index (χ2n) is 4.96. The van der Waals surface area contributed by atoms with Crippen LogP contribution in [0.15, 0.2) is 36.4 Å². The van der Waals surface area contributed by atoms with Gasteiger partial charge in [0, 0.05) is 12.2 Å². The largest absolute Gasteiger partial charge is 0.507 e. The SMILES string of the molecule is O=C(Nc1cccc2c1CCNC2)c1c(O)cccc1F. The first-order valence-electron chi connectivity index (χ1n) is 6.77. The van der Waals surface area contributed by atoms with Crippen LogP contribution < -0.4 is 10.6 Å². The van der Waals surface area contributed by atoms with Crippen molar-refractivity contribution in [2.75, 3.05) is 11.9 Å². The third-order valence-corrected chi connectivity index (χ3v) is 3.61. The van der Waals surface area contributed by atoms with E-state index in [1.807, 2.05) is 12.1 Å². The second kappa shape index (κ2) is 5.54. The minimum Gasteiger partial charge on any atom is -0.507 e. The number of amides is 1. The summed E-state index contributed by atoms with van der Waals surface area (Å²) in [7, 11) is 0. The fraction of sp³-hybridized carbons (Fsp3) is 0.188. The van der Waals surface area contributed by atoms with Gasteiger partial charge in [0.2, 0.25) is 0 Å². The van der Waals surface area contributed by atoms with Crippen molar-refractivity contribution in [2.45, 2.75) is 13.0 Å². The van der Waals surface area contributed by atoms with Crippen molar-refractivity contribution >= 4 is 11.6 Å². The normalized spacial score (nSPS) is 13.6. The van der Waals surface area contributed by atoms with Gasteiger partial charge < -0.3 is 15.7 Å². The lowest BCUT2D eigenvalue weighted by atomic mass is 9.99. The highest BCUT2D eigenvalue weighted by Gasteiger charge is 2.19. The van der Waals surface area contributed by atoms with E-state index in [0.717, 1.165) is 36.7 Å². The minimum absolute atomic E-state index is 0.330. The highest BCUT2D eigenvalue weighted by Crippen LogP contribution is 2.26. The minimum atomic E-state index is -0.737. The summed E-state index contributed by atoms with van der Waals surface area (Å²) in [6.07, 6.45) is 0.801. The van der Waals surface area contributed by atoms with Crippen molar-refractivity contribution in [3.8, 4) is 5.75 Å². The molecule has 3 N–H and O–H groups in total. The number of fused-ring (bicyclic) bond motifs is 1. The first-order valence-corrected chi connectivity index (χ1v) is 6.77. The molecule has 0 spiro atoms. The summed E-state index contributed by atoms with van der Waals surface area (Å²) in [5.41, 5.74) is 2.52. The molecule has 0 radical (unpaired) electrons. The highest BCUT2D eigenvalue weighted by molar-refractivity contribution is 6.06. The standard InChI is InChI=1S/C16H15FN2O2/c17-12-4-2-6-14(20)15(12)16(21)19-13-5-1-3-10-9-18-8-7-11(10)13/h1-6,18,20H,7-9H2,(H,19,21). The molecule has 4 nitrogen and oxygen atoms in total. The molecule has 0 bridgehead atoms. The van der Waals surface area contributed by atoms with Crippen LogP contribution in [-0.4, -0.2) is 17.6 Å². The van der Waals surface area contributed by atoms with Crippen LogP contribution in [0, 0.1) is 5.82 Å². The van der Waals surface area contributed by atoms with Gasteiger partial charge in [-0.1, -0.05) is 18.2 Å². The fourth-order valence-corrected chi connectivity index (χ4v) is 2.57. The number of aromatic hydroxyl groups is 1. The molecule has 108 valence electrons. The number of halogens is 1. The van der Waals surface area contributed by atoms with E-state index in [1.54, 1.807) is 6.07 Å². The first kappa shape index (κ1) is 13.6. The van der Waals surface area contributed by atoms with E-state index in [2.05, 4.69) is 10.6 Å². The van der Waals surface area contributed by atoms with Crippen LogP contribution in [0.3, 0.4) is 0 Å². The molecule has 1 heterocycles.